The first-order valence-corrected chi connectivity index (χ1v) is 8.82. The molecule has 0 radical (unpaired) electrons. The number of amides is 1. The minimum absolute atomic E-state index is 0. The number of hydrogen-bond acceptors (Lipinski definition) is 4. The molecule has 9 heteroatoms. The summed E-state index contributed by atoms with van der Waals surface area (Å²) in [6.45, 7) is 2.52. The number of halogens is 2. The molecular formula is C13H21BrClN3O3S. The first-order chi connectivity index (χ1) is 9.85. The summed E-state index contributed by atoms with van der Waals surface area (Å²) < 4.78 is 27.2. The Labute approximate surface area is 146 Å². The normalized spacial score (nSPS) is 12.3. The Kier molecular flexibility index (Phi) is 9.86. The minimum atomic E-state index is -3.57. The van der Waals surface area contributed by atoms with Gasteiger partial charge < -0.3 is 10.6 Å². The van der Waals surface area contributed by atoms with Gasteiger partial charge in [-0.15, -0.1) is 12.4 Å². The number of carbonyl (C=O) groups is 1. The van der Waals surface area contributed by atoms with Crippen LogP contribution in [0.15, 0.2) is 33.6 Å². The highest BCUT2D eigenvalue weighted by atomic mass is 79.9. The van der Waals surface area contributed by atoms with Crippen molar-refractivity contribution in [3.8, 4) is 0 Å². The molecule has 6 nitrogen and oxygen atoms in total. The van der Waals surface area contributed by atoms with Crippen LogP contribution in [0.2, 0.25) is 0 Å². The second-order valence-electron chi connectivity index (χ2n) is 4.60. The molecule has 22 heavy (non-hydrogen) atoms. The van der Waals surface area contributed by atoms with Crippen LogP contribution in [-0.4, -0.2) is 40.5 Å². The molecule has 0 heterocycles. The molecule has 3 N–H and O–H groups in total. The molecule has 0 aliphatic rings. The highest BCUT2D eigenvalue weighted by molar-refractivity contribution is 9.10. The van der Waals surface area contributed by atoms with Crippen LogP contribution < -0.4 is 15.4 Å². The molecule has 1 rings (SSSR count). The third kappa shape index (κ3) is 7.55. The van der Waals surface area contributed by atoms with Crippen LogP contribution in [-0.2, 0) is 14.8 Å². The predicted octanol–water partition coefficient (Wildman–Crippen LogP) is 1.26. The topological polar surface area (TPSA) is 87.3 Å². The molecule has 0 aromatic heterocycles. The van der Waals surface area contributed by atoms with E-state index >= 15 is 0 Å². The van der Waals surface area contributed by atoms with Crippen molar-refractivity contribution in [2.24, 2.45) is 0 Å². The molecule has 1 atom stereocenters. The van der Waals surface area contributed by atoms with Crippen LogP contribution in [0.3, 0.4) is 0 Å². The van der Waals surface area contributed by atoms with E-state index in [1.807, 2.05) is 14.0 Å². The zero-order chi connectivity index (χ0) is 15.9. The summed E-state index contributed by atoms with van der Waals surface area (Å²) in [5, 5.41) is 5.72. The number of carbonyl (C=O) groups excluding carboxylic acids is 1. The average Bonchev–Trinajstić information content (AvgIpc) is 2.45. The fourth-order valence-corrected chi connectivity index (χ4v) is 2.75. The number of likely N-dealkylation sites (N-methyl/N-ethyl adjacent to an activating group) is 1. The van der Waals surface area contributed by atoms with E-state index in [-0.39, 0.29) is 42.2 Å². The number of rotatable bonds is 8. The van der Waals surface area contributed by atoms with Crippen LogP contribution in [0.1, 0.15) is 13.3 Å². The van der Waals surface area contributed by atoms with Gasteiger partial charge in [-0.1, -0.05) is 15.9 Å². The lowest BCUT2D eigenvalue weighted by atomic mass is 10.3. The van der Waals surface area contributed by atoms with Gasteiger partial charge in [0.2, 0.25) is 15.9 Å². The van der Waals surface area contributed by atoms with E-state index in [4.69, 9.17) is 0 Å². The Morgan fingerprint density at radius 2 is 1.86 bits per heavy atom. The summed E-state index contributed by atoms with van der Waals surface area (Å²) >= 11 is 3.25. The van der Waals surface area contributed by atoms with Crippen molar-refractivity contribution >= 4 is 44.3 Å². The van der Waals surface area contributed by atoms with Gasteiger partial charge in [-0.3, -0.25) is 4.79 Å². The number of sulfonamides is 1. The zero-order valence-electron chi connectivity index (χ0n) is 12.4. The van der Waals surface area contributed by atoms with Gasteiger partial charge in [0, 0.05) is 30.0 Å². The molecule has 1 amide bonds. The van der Waals surface area contributed by atoms with Gasteiger partial charge in [0.15, 0.2) is 0 Å². The maximum atomic E-state index is 12.0. The first-order valence-electron chi connectivity index (χ1n) is 6.54. The molecule has 1 aromatic carbocycles. The Balaban J connectivity index is 0.00000441. The monoisotopic (exact) mass is 413 g/mol. The van der Waals surface area contributed by atoms with Crippen molar-refractivity contribution in [1.29, 1.82) is 0 Å². The summed E-state index contributed by atoms with van der Waals surface area (Å²) in [4.78, 5) is 11.7. The van der Waals surface area contributed by atoms with Gasteiger partial charge in [0.25, 0.3) is 0 Å². The van der Waals surface area contributed by atoms with Gasteiger partial charge in [0.1, 0.15) is 0 Å². The maximum absolute atomic E-state index is 12.0. The fraction of sp³-hybridized carbons (Fsp3) is 0.462. The lowest BCUT2D eigenvalue weighted by molar-refractivity contribution is -0.121. The van der Waals surface area contributed by atoms with Crippen molar-refractivity contribution < 1.29 is 13.2 Å². The molecule has 0 bridgehead atoms. The van der Waals surface area contributed by atoms with Crippen molar-refractivity contribution in [3.05, 3.63) is 28.7 Å². The highest BCUT2D eigenvalue weighted by Gasteiger charge is 2.13. The first kappa shape index (κ1) is 21.3. The van der Waals surface area contributed by atoms with Crippen LogP contribution in [0.25, 0.3) is 0 Å². The molecule has 0 spiro atoms. The fourth-order valence-electron chi connectivity index (χ4n) is 1.45. The van der Waals surface area contributed by atoms with Crippen molar-refractivity contribution in [2.75, 3.05) is 20.1 Å². The van der Waals surface area contributed by atoms with Gasteiger partial charge in [-0.05, 0) is 38.2 Å². The SMILES string of the molecule is CNC(C)CNC(=O)CCNS(=O)(=O)c1ccc(Br)cc1.Cl. The molecule has 0 aliphatic carbocycles. The summed E-state index contributed by atoms with van der Waals surface area (Å²) in [5.74, 6) is -0.185. The van der Waals surface area contributed by atoms with Crippen LogP contribution in [0.5, 0.6) is 0 Å². The molecule has 0 saturated heterocycles. The van der Waals surface area contributed by atoms with Gasteiger partial charge in [-0.25, -0.2) is 13.1 Å². The van der Waals surface area contributed by atoms with E-state index in [2.05, 4.69) is 31.3 Å². The summed E-state index contributed by atoms with van der Waals surface area (Å²) in [7, 11) is -1.76. The molecule has 126 valence electrons. The summed E-state index contributed by atoms with van der Waals surface area (Å²) in [6.07, 6.45) is 0.103. The minimum Gasteiger partial charge on any atom is -0.355 e. The highest BCUT2D eigenvalue weighted by Crippen LogP contribution is 2.14. The number of hydrogen-bond donors (Lipinski definition) is 3. The van der Waals surface area contributed by atoms with E-state index < -0.39 is 10.0 Å². The Morgan fingerprint density at radius 1 is 1.27 bits per heavy atom. The zero-order valence-corrected chi connectivity index (χ0v) is 15.6. The van der Waals surface area contributed by atoms with E-state index in [1.165, 1.54) is 12.1 Å². The molecule has 0 aliphatic heterocycles. The summed E-state index contributed by atoms with van der Waals surface area (Å²) in [5.41, 5.74) is 0. The van der Waals surface area contributed by atoms with Crippen LogP contribution in [0, 0.1) is 0 Å². The standard InChI is InChI=1S/C13H20BrN3O3S.ClH/c1-10(15-2)9-16-13(18)7-8-17-21(19,20)12-5-3-11(14)4-6-12;/h3-6,10,15,17H,7-9H2,1-2H3,(H,16,18);1H. The van der Waals surface area contributed by atoms with E-state index in [9.17, 15) is 13.2 Å². The lowest BCUT2D eigenvalue weighted by Gasteiger charge is -2.11. The molecule has 0 saturated carbocycles. The molecule has 0 fully saturated rings. The second kappa shape index (κ2) is 10.2. The van der Waals surface area contributed by atoms with Crippen LogP contribution >= 0.6 is 28.3 Å². The third-order valence-electron chi connectivity index (χ3n) is 2.87. The van der Waals surface area contributed by atoms with Crippen molar-refractivity contribution in [1.82, 2.24) is 15.4 Å². The smallest absolute Gasteiger partial charge is 0.240 e. The summed E-state index contributed by atoms with van der Waals surface area (Å²) in [6, 6.07) is 6.48. The van der Waals surface area contributed by atoms with Gasteiger partial charge in [-0.2, -0.15) is 0 Å². The Morgan fingerprint density at radius 3 is 2.41 bits per heavy atom. The Hall–Kier alpha value is -0.670. The number of benzene rings is 1. The second-order valence-corrected chi connectivity index (χ2v) is 7.28. The molecule has 1 aromatic rings. The van der Waals surface area contributed by atoms with Crippen molar-refractivity contribution in [2.45, 2.75) is 24.3 Å². The van der Waals surface area contributed by atoms with E-state index in [0.29, 0.717) is 6.54 Å². The lowest BCUT2D eigenvalue weighted by Crippen LogP contribution is -2.38. The third-order valence-corrected chi connectivity index (χ3v) is 4.87. The van der Waals surface area contributed by atoms with E-state index in [0.717, 1.165) is 4.47 Å². The molecule has 1 unspecified atom stereocenters. The van der Waals surface area contributed by atoms with E-state index in [1.54, 1.807) is 12.1 Å². The average molecular weight is 415 g/mol. The largest absolute Gasteiger partial charge is 0.355 e. The Bertz CT molecular complexity index is 566. The van der Waals surface area contributed by atoms with Gasteiger partial charge in [0.05, 0.1) is 4.90 Å². The maximum Gasteiger partial charge on any atom is 0.240 e. The number of nitrogens with one attached hydrogen (secondary N) is 3. The van der Waals surface area contributed by atoms with Crippen molar-refractivity contribution in [3.63, 3.8) is 0 Å². The molecular weight excluding hydrogens is 394 g/mol. The van der Waals surface area contributed by atoms with Crippen LogP contribution in [0.4, 0.5) is 0 Å². The van der Waals surface area contributed by atoms with Gasteiger partial charge >= 0.3 is 0 Å². The quantitative estimate of drug-likeness (QED) is 0.598. The predicted molar refractivity (Wildman–Crippen MR) is 92.7 cm³/mol.